The Hall–Kier alpha value is -3.59. The number of nitrogens with zero attached hydrogens (tertiary/aromatic N) is 4. The zero-order valence-corrected chi connectivity index (χ0v) is 21.6. The summed E-state index contributed by atoms with van der Waals surface area (Å²) in [5.41, 5.74) is 3.18. The molecule has 0 bridgehead atoms. The third kappa shape index (κ3) is 5.41. The lowest BCUT2D eigenvalue weighted by atomic mass is 9.75. The second-order valence-corrected chi connectivity index (χ2v) is 10.4. The fourth-order valence-electron chi connectivity index (χ4n) is 5.59. The van der Waals surface area contributed by atoms with Crippen molar-refractivity contribution in [3.63, 3.8) is 0 Å². The maximum atomic E-state index is 13.9. The van der Waals surface area contributed by atoms with Crippen molar-refractivity contribution < 1.29 is 19.4 Å². The van der Waals surface area contributed by atoms with Crippen molar-refractivity contribution in [3.8, 4) is 28.4 Å². The number of aliphatic carboxylic acids is 1. The van der Waals surface area contributed by atoms with Crippen molar-refractivity contribution in [1.29, 1.82) is 0 Å². The molecular weight excluding hydrogens is 488 g/mol. The van der Waals surface area contributed by atoms with Gasteiger partial charge in [-0.2, -0.15) is 0 Å². The number of carboxylic acids is 1. The highest BCUT2D eigenvalue weighted by Gasteiger charge is 2.39. The molecule has 1 aliphatic heterocycles. The van der Waals surface area contributed by atoms with Gasteiger partial charge < -0.3 is 9.84 Å². The standard InChI is InChI=1S/C28H30N4O4S/c1-36-25-14-13-23(30-31-25)20-11-4-5-12-21(20)24-17-37-28(29-24)32-15-7-6-10-19(18-8-2-3-9-18)22(27(32)35)16-26(33)34/h4-7,11-14,17-19,22H,2-3,8-10,15-16H2,1H3,(H,33,34)/b7-6-/t19-,22+/m1/s1. The molecule has 2 atom stereocenters. The Morgan fingerprint density at radius 1 is 1.08 bits per heavy atom. The van der Waals surface area contributed by atoms with Gasteiger partial charge in [0.2, 0.25) is 11.8 Å². The second kappa shape index (κ2) is 11.2. The van der Waals surface area contributed by atoms with Crippen LogP contribution in [0.15, 0.2) is 53.9 Å². The summed E-state index contributed by atoms with van der Waals surface area (Å²) in [4.78, 5) is 32.2. The zero-order chi connectivity index (χ0) is 25.8. The highest BCUT2D eigenvalue weighted by atomic mass is 32.1. The van der Waals surface area contributed by atoms with Crippen LogP contribution in [0.25, 0.3) is 22.5 Å². The van der Waals surface area contributed by atoms with Gasteiger partial charge in [0.05, 0.1) is 30.8 Å². The molecule has 0 spiro atoms. The van der Waals surface area contributed by atoms with Crippen LogP contribution in [0, 0.1) is 17.8 Å². The van der Waals surface area contributed by atoms with Crippen LogP contribution in [0.4, 0.5) is 5.13 Å². The van der Waals surface area contributed by atoms with Crippen molar-refractivity contribution in [2.24, 2.45) is 17.8 Å². The van der Waals surface area contributed by atoms with Crippen LogP contribution in [-0.2, 0) is 9.59 Å². The van der Waals surface area contributed by atoms with Gasteiger partial charge in [-0.25, -0.2) is 4.98 Å². The van der Waals surface area contributed by atoms with Crippen LogP contribution < -0.4 is 9.64 Å². The average molecular weight is 519 g/mol. The van der Waals surface area contributed by atoms with Crippen molar-refractivity contribution in [2.45, 2.75) is 38.5 Å². The molecule has 1 amide bonds. The van der Waals surface area contributed by atoms with E-state index in [9.17, 15) is 14.7 Å². The van der Waals surface area contributed by atoms with Crippen LogP contribution in [0.1, 0.15) is 38.5 Å². The number of carbonyl (C=O) groups is 2. The third-order valence-electron chi connectivity index (χ3n) is 7.41. The van der Waals surface area contributed by atoms with Gasteiger partial charge in [0, 0.05) is 29.1 Å². The van der Waals surface area contributed by atoms with Gasteiger partial charge in [0.1, 0.15) is 0 Å². The third-order valence-corrected chi connectivity index (χ3v) is 8.28. The van der Waals surface area contributed by atoms with E-state index in [0.29, 0.717) is 29.2 Å². The molecule has 37 heavy (non-hydrogen) atoms. The summed E-state index contributed by atoms with van der Waals surface area (Å²) in [6, 6.07) is 11.4. The molecule has 1 saturated carbocycles. The molecule has 3 aromatic rings. The summed E-state index contributed by atoms with van der Waals surface area (Å²) in [7, 11) is 1.55. The normalized spacial score (nSPS) is 21.4. The number of hydrogen-bond acceptors (Lipinski definition) is 7. The number of ether oxygens (including phenoxy) is 1. The van der Waals surface area contributed by atoms with E-state index in [4.69, 9.17) is 9.72 Å². The number of allylic oxidation sites excluding steroid dienone is 1. The van der Waals surface area contributed by atoms with E-state index < -0.39 is 11.9 Å². The monoisotopic (exact) mass is 518 g/mol. The SMILES string of the molecule is COc1ccc(-c2ccccc2-c2csc(N3C/C=C\C[C@H](C4CCCC4)[C@H](CC(=O)O)C3=O)n2)nn1. The molecule has 5 rings (SSSR count). The van der Waals surface area contributed by atoms with Crippen LogP contribution in [0.5, 0.6) is 5.88 Å². The zero-order valence-electron chi connectivity index (χ0n) is 20.7. The minimum atomic E-state index is -0.930. The summed E-state index contributed by atoms with van der Waals surface area (Å²) in [5, 5.41) is 20.6. The van der Waals surface area contributed by atoms with E-state index >= 15 is 0 Å². The Labute approximate surface area is 220 Å². The Morgan fingerprint density at radius 3 is 2.51 bits per heavy atom. The smallest absolute Gasteiger partial charge is 0.304 e. The molecule has 1 aromatic carbocycles. The molecule has 9 heteroatoms. The van der Waals surface area contributed by atoms with E-state index in [1.54, 1.807) is 18.1 Å². The lowest BCUT2D eigenvalue weighted by Crippen LogP contribution is -2.43. The van der Waals surface area contributed by atoms with Gasteiger partial charge >= 0.3 is 5.97 Å². The molecule has 1 aliphatic carbocycles. The molecular formula is C28H30N4O4S. The van der Waals surface area contributed by atoms with E-state index in [1.165, 1.54) is 11.3 Å². The maximum absolute atomic E-state index is 13.9. The van der Waals surface area contributed by atoms with Gasteiger partial charge in [-0.1, -0.05) is 62.1 Å². The first-order valence-electron chi connectivity index (χ1n) is 12.7. The van der Waals surface area contributed by atoms with Crippen LogP contribution in [0.3, 0.4) is 0 Å². The lowest BCUT2D eigenvalue weighted by Gasteiger charge is -2.34. The summed E-state index contributed by atoms with van der Waals surface area (Å²) in [5.74, 6) is -0.757. The Balaban J connectivity index is 1.46. The lowest BCUT2D eigenvalue weighted by molar-refractivity contribution is -0.142. The number of rotatable bonds is 7. The second-order valence-electron chi connectivity index (χ2n) is 9.59. The van der Waals surface area contributed by atoms with E-state index in [-0.39, 0.29) is 18.2 Å². The topological polar surface area (TPSA) is 106 Å². The number of amides is 1. The largest absolute Gasteiger partial charge is 0.481 e. The molecule has 2 aliphatic rings. The first kappa shape index (κ1) is 25.1. The summed E-state index contributed by atoms with van der Waals surface area (Å²) >= 11 is 1.39. The van der Waals surface area contributed by atoms with Gasteiger partial charge in [0.25, 0.3) is 0 Å². The number of thiazole rings is 1. The van der Waals surface area contributed by atoms with Gasteiger partial charge in [0.15, 0.2) is 5.13 Å². The van der Waals surface area contributed by atoms with Crippen molar-refractivity contribution in [2.75, 3.05) is 18.6 Å². The van der Waals surface area contributed by atoms with Crippen LogP contribution >= 0.6 is 11.3 Å². The first-order chi connectivity index (χ1) is 18.0. The van der Waals surface area contributed by atoms with Crippen LogP contribution in [0.2, 0.25) is 0 Å². The van der Waals surface area contributed by atoms with Gasteiger partial charge in [-0.05, 0) is 24.3 Å². The predicted molar refractivity (Wildman–Crippen MR) is 142 cm³/mol. The van der Waals surface area contributed by atoms with Crippen LogP contribution in [-0.4, -0.2) is 45.8 Å². The molecule has 1 N–H and O–H groups in total. The number of methoxy groups -OCH3 is 1. The molecule has 0 radical (unpaired) electrons. The molecule has 3 heterocycles. The summed E-state index contributed by atoms with van der Waals surface area (Å²) in [6.07, 6.45) is 9.15. The van der Waals surface area contributed by atoms with Gasteiger partial charge in [-0.3, -0.25) is 14.5 Å². The number of carboxylic acid groups (broad SMARTS) is 1. The highest BCUT2D eigenvalue weighted by molar-refractivity contribution is 7.14. The average Bonchev–Trinajstić information content (AvgIpc) is 3.62. The first-order valence-corrected chi connectivity index (χ1v) is 13.5. The van der Waals surface area contributed by atoms with E-state index in [0.717, 1.165) is 48.9 Å². The molecule has 8 nitrogen and oxygen atoms in total. The van der Waals surface area contributed by atoms with Crippen molar-refractivity contribution >= 4 is 28.3 Å². The minimum Gasteiger partial charge on any atom is -0.481 e. The van der Waals surface area contributed by atoms with E-state index in [2.05, 4.69) is 16.3 Å². The summed E-state index contributed by atoms with van der Waals surface area (Å²) in [6.45, 7) is 0.380. The fourth-order valence-corrected chi connectivity index (χ4v) is 6.43. The number of aromatic nitrogens is 3. The Morgan fingerprint density at radius 2 is 1.84 bits per heavy atom. The molecule has 2 aromatic heterocycles. The molecule has 1 fully saturated rings. The Kier molecular flexibility index (Phi) is 7.60. The maximum Gasteiger partial charge on any atom is 0.304 e. The molecule has 0 saturated heterocycles. The van der Waals surface area contributed by atoms with E-state index in [1.807, 2.05) is 41.8 Å². The number of benzene rings is 1. The summed E-state index contributed by atoms with van der Waals surface area (Å²) < 4.78 is 5.13. The number of hydrogen-bond donors (Lipinski definition) is 1. The number of anilines is 1. The quantitative estimate of drug-likeness (QED) is 0.414. The highest BCUT2D eigenvalue weighted by Crippen LogP contribution is 2.41. The number of carbonyl (C=O) groups excluding carboxylic acids is 1. The van der Waals surface area contributed by atoms with Gasteiger partial charge in [-0.15, -0.1) is 21.5 Å². The molecule has 0 unspecified atom stereocenters. The predicted octanol–water partition coefficient (Wildman–Crippen LogP) is 5.47. The Bertz CT molecular complexity index is 1280. The van der Waals surface area contributed by atoms with Crippen molar-refractivity contribution in [3.05, 3.63) is 53.9 Å². The molecule has 192 valence electrons. The fraction of sp³-hybridized carbons (Fsp3) is 0.393. The van der Waals surface area contributed by atoms with Crippen molar-refractivity contribution in [1.82, 2.24) is 15.2 Å². The minimum absolute atomic E-state index is 0.0407.